The number of aryl methyl sites for hydroxylation is 2. The van der Waals surface area contributed by atoms with Gasteiger partial charge in [-0.2, -0.15) is 5.11 Å². The summed E-state index contributed by atoms with van der Waals surface area (Å²) in [7, 11) is 4.13. The number of rotatable bonds is 8. The number of nitro benzene ring substituents is 2. The number of para-hydroxylation sites is 1. The van der Waals surface area contributed by atoms with E-state index in [-0.39, 0.29) is 11.4 Å². The zero-order valence-corrected chi connectivity index (χ0v) is 19.6. The van der Waals surface area contributed by atoms with Crippen LogP contribution in [0.3, 0.4) is 0 Å². The van der Waals surface area contributed by atoms with Crippen molar-refractivity contribution in [2.75, 3.05) is 32.1 Å². The topological polar surface area (TPSA) is 117 Å². The molecule has 0 N–H and O–H groups in total. The highest BCUT2D eigenvalue weighted by atomic mass is 16.6. The minimum absolute atomic E-state index is 0.0340. The highest BCUT2D eigenvalue weighted by Gasteiger charge is 2.22. The molecule has 0 spiro atoms. The Morgan fingerprint density at radius 3 is 2.37 bits per heavy atom. The molecule has 0 saturated carbocycles. The molecule has 1 heterocycles. The van der Waals surface area contributed by atoms with Crippen molar-refractivity contribution in [3.8, 4) is 0 Å². The van der Waals surface area contributed by atoms with Crippen LogP contribution in [0.1, 0.15) is 17.5 Å². The monoisotopic (exact) mass is 474 g/mol. The van der Waals surface area contributed by atoms with Crippen LogP contribution < -0.4 is 4.90 Å². The van der Waals surface area contributed by atoms with Gasteiger partial charge in [-0.05, 0) is 81.4 Å². The molecule has 3 aromatic carbocycles. The Morgan fingerprint density at radius 2 is 1.63 bits per heavy atom. The van der Waals surface area contributed by atoms with Gasteiger partial charge in [-0.1, -0.05) is 18.2 Å². The summed E-state index contributed by atoms with van der Waals surface area (Å²) in [4.78, 5) is 25.5. The summed E-state index contributed by atoms with van der Waals surface area (Å²) >= 11 is 0. The SMILES string of the molecule is CN(C)CCCN1c2ccccc2CCc2cc(N=Nc3ccc([N+](=O)[O-])cc3[N+](=O)[O-])ccc21. The molecule has 0 saturated heterocycles. The van der Waals surface area contributed by atoms with Gasteiger partial charge in [0.25, 0.3) is 5.69 Å². The summed E-state index contributed by atoms with van der Waals surface area (Å²) in [5.74, 6) is 0. The number of benzene rings is 3. The lowest BCUT2D eigenvalue weighted by atomic mass is 10.0. The Labute approximate surface area is 202 Å². The average Bonchev–Trinajstić information content (AvgIpc) is 2.99. The molecule has 180 valence electrons. The maximum atomic E-state index is 11.4. The third-order valence-corrected chi connectivity index (χ3v) is 5.93. The molecule has 0 unspecified atom stereocenters. The number of nitrogens with zero attached hydrogens (tertiary/aromatic N) is 6. The summed E-state index contributed by atoms with van der Waals surface area (Å²) in [5.41, 5.74) is 4.45. The average molecular weight is 475 g/mol. The van der Waals surface area contributed by atoms with E-state index in [1.54, 1.807) is 0 Å². The van der Waals surface area contributed by atoms with Crippen LogP contribution in [-0.2, 0) is 12.8 Å². The van der Waals surface area contributed by atoms with Gasteiger partial charge in [0.05, 0.1) is 21.6 Å². The van der Waals surface area contributed by atoms with Gasteiger partial charge < -0.3 is 9.80 Å². The predicted octanol–water partition coefficient (Wildman–Crippen LogP) is 6.11. The molecular weight excluding hydrogens is 448 g/mol. The van der Waals surface area contributed by atoms with Crippen LogP contribution in [0.5, 0.6) is 0 Å². The van der Waals surface area contributed by atoms with Gasteiger partial charge in [-0.3, -0.25) is 20.2 Å². The second-order valence-corrected chi connectivity index (χ2v) is 8.64. The van der Waals surface area contributed by atoms with Crippen molar-refractivity contribution >= 4 is 34.1 Å². The quantitative estimate of drug-likeness (QED) is 0.221. The number of hydrogen-bond acceptors (Lipinski definition) is 8. The Kier molecular flexibility index (Phi) is 7.11. The number of non-ortho nitro benzene ring substituents is 1. The minimum Gasteiger partial charge on any atom is -0.341 e. The van der Waals surface area contributed by atoms with Gasteiger partial charge in [0.1, 0.15) is 0 Å². The molecule has 35 heavy (non-hydrogen) atoms. The standard InChI is InChI=1S/C25H26N6O4/c1-28(2)14-5-15-29-23-7-4-3-6-18(23)8-9-19-16-20(10-13-24(19)29)26-27-22-12-11-21(30(32)33)17-25(22)31(34)35/h3-4,6-7,10-13,16-17H,5,8-9,14-15H2,1-2H3. The lowest BCUT2D eigenvalue weighted by Gasteiger charge is -2.27. The molecule has 10 heteroatoms. The Bertz CT molecular complexity index is 1290. The molecule has 0 bridgehead atoms. The van der Waals surface area contributed by atoms with Crippen LogP contribution >= 0.6 is 0 Å². The summed E-state index contributed by atoms with van der Waals surface area (Å²) in [5, 5.41) is 30.6. The number of azo groups is 1. The first-order chi connectivity index (χ1) is 16.8. The van der Waals surface area contributed by atoms with Crippen molar-refractivity contribution in [2.24, 2.45) is 10.2 Å². The van der Waals surface area contributed by atoms with Gasteiger partial charge in [0, 0.05) is 24.0 Å². The number of nitro groups is 2. The Morgan fingerprint density at radius 1 is 0.886 bits per heavy atom. The van der Waals surface area contributed by atoms with E-state index < -0.39 is 15.5 Å². The number of anilines is 2. The van der Waals surface area contributed by atoms with E-state index in [9.17, 15) is 20.2 Å². The van der Waals surface area contributed by atoms with E-state index in [1.807, 2.05) is 18.2 Å². The second-order valence-electron chi connectivity index (χ2n) is 8.64. The third-order valence-electron chi connectivity index (χ3n) is 5.93. The van der Waals surface area contributed by atoms with Crippen LogP contribution in [0, 0.1) is 20.2 Å². The van der Waals surface area contributed by atoms with E-state index >= 15 is 0 Å². The molecule has 4 rings (SSSR count). The molecule has 0 amide bonds. The van der Waals surface area contributed by atoms with Crippen LogP contribution in [-0.4, -0.2) is 41.9 Å². The van der Waals surface area contributed by atoms with E-state index in [0.29, 0.717) is 5.69 Å². The van der Waals surface area contributed by atoms with Crippen LogP contribution in [0.4, 0.5) is 34.1 Å². The summed E-state index contributed by atoms with van der Waals surface area (Å²) in [6.07, 6.45) is 2.73. The van der Waals surface area contributed by atoms with Crippen molar-refractivity contribution < 1.29 is 9.85 Å². The normalized spacial score (nSPS) is 12.9. The number of fused-ring (bicyclic) bond motifs is 2. The third kappa shape index (κ3) is 5.49. The van der Waals surface area contributed by atoms with Gasteiger partial charge in [0.2, 0.25) is 0 Å². The maximum Gasteiger partial charge on any atom is 0.303 e. The predicted molar refractivity (Wildman–Crippen MR) is 134 cm³/mol. The molecule has 0 aromatic heterocycles. The van der Waals surface area contributed by atoms with Crippen molar-refractivity contribution in [1.82, 2.24) is 4.90 Å². The highest BCUT2D eigenvalue weighted by Crippen LogP contribution is 2.38. The first-order valence-corrected chi connectivity index (χ1v) is 11.3. The van der Waals surface area contributed by atoms with Gasteiger partial charge in [-0.15, -0.1) is 5.11 Å². The van der Waals surface area contributed by atoms with E-state index in [1.165, 1.54) is 23.4 Å². The fraction of sp³-hybridized carbons (Fsp3) is 0.280. The first-order valence-electron chi connectivity index (χ1n) is 11.3. The van der Waals surface area contributed by atoms with Crippen LogP contribution in [0.15, 0.2) is 70.9 Å². The molecule has 3 aromatic rings. The fourth-order valence-corrected chi connectivity index (χ4v) is 4.24. The van der Waals surface area contributed by atoms with Crippen molar-refractivity contribution in [3.05, 3.63) is 92.0 Å². The summed E-state index contributed by atoms with van der Waals surface area (Å²) in [6.45, 7) is 1.85. The second kappa shape index (κ2) is 10.4. The zero-order valence-electron chi connectivity index (χ0n) is 19.6. The minimum atomic E-state index is -0.693. The molecule has 1 aliphatic heterocycles. The lowest BCUT2D eigenvalue weighted by Crippen LogP contribution is -2.23. The maximum absolute atomic E-state index is 11.4. The number of hydrogen-bond donors (Lipinski definition) is 0. The molecular formula is C25H26N6O4. The first kappa shape index (κ1) is 24.0. The zero-order chi connectivity index (χ0) is 24.9. The van der Waals surface area contributed by atoms with E-state index in [4.69, 9.17) is 0 Å². The van der Waals surface area contributed by atoms with Crippen LogP contribution in [0.25, 0.3) is 0 Å². The van der Waals surface area contributed by atoms with Gasteiger partial charge >= 0.3 is 5.69 Å². The van der Waals surface area contributed by atoms with Crippen molar-refractivity contribution in [1.29, 1.82) is 0 Å². The lowest BCUT2D eigenvalue weighted by molar-refractivity contribution is -0.393. The highest BCUT2D eigenvalue weighted by molar-refractivity contribution is 5.73. The molecule has 0 aliphatic carbocycles. The molecule has 1 aliphatic rings. The Balaban J connectivity index is 1.65. The summed E-state index contributed by atoms with van der Waals surface area (Å²) < 4.78 is 0. The fourth-order valence-electron chi connectivity index (χ4n) is 4.24. The summed E-state index contributed by atoms with van der Waals surface area (Å²) in [6, 6.07) is 17.6. The molecule has 0 atom stereocenters. The molecule has 0 fully saturated rings. The van der Waals surface area contributed by atoms with Crippen molar-refractivity contribution in [3.63, 3.8) is 0 Å². The van der Waals surface area contributed by atoms with Gasteiger partial charge in [0.15, 0.2) is 5.69 Å². The van der Waals surface area contributed by atoms with Crippen LogP contribution in [0.2, 0.25) is 0 Å². The Hall–Kier alpha value is -4.18. The molecule has 10 nitrogen and oxygen atoms in total. The molecule has 0 radical (unpaired) electrons. The van der Waals surface area contributed by atoms with Crippen molar-refractivity contribution in [2.45, 2.75) is 19.3 Å². The van der Waals surface area contributed by atoms with E-state index in [2.05, 4.69) is 58.4 Å². The smallest absolute Gasteiger partial charge is 0.303 e. The van der Waals surface area contributed by atoms with Gasteiger partial charge in [-0.25, -0.2) is 0 Å². The largest absolute Gasteiger partial charge is 0.341 e. The van der Waals surface area contributed by atoms with E-state index in [0.717, 1.165) is 49.7 Å².